The summed E-state index contributed by atoms with van der Waals surface area (Å²) in [6.45, 7) is 3.68. The van der Waals surface area contributed by atoms with Gasteiger partial charge in [0.05, 0.1) is 11.6 Å². The molecule has 0 aliphatic rings. The van der Waals surface area contributed by atoms with E-state index in [9.17, 15) is 0 Å². The van der Waals surface area contributed by atoms with Gasteiger partial charge < -0.3 is 0 Å². The van der Waals surface area contributed by atoms with Crippen LogP contribution in [0.25, 0.3) is 0 Å². The lowest BCUT2D eigenvalue weighted by Crippen LogP contribution is -1.83. The Labute approximate surface area is 89.4 Å². The van der Waals surface area contributed by atoms with Gasteiger partial charge in [0.15, 0.2) is 0 Å². The Hall–Kier alpha value is -1.20. The molecule has 1 aromatic rings. The first-order valence-corrected chi connectivity index (χ1v) is 5.70. The molecule has 0 unspecified atom stereocenters. The van der Waals surface area contributed by atoms with Crippen LogP contribution in [0.2, 0.25) is 0 Å². The Bertz CT molecular complexity index is 321. The van der Waals surface area contributed by atoms with Gasteiger partial charge in [-0.3, -0.25) is 0 Å². The molecule has 0 saturated carbocycles. The van der Waals surface area contributed by atoms with Gasteiger partial charge in [-0.15, -0.1) is 6.58 Å². The molecule has 0 atom stereocenters. The third-order valence-electron chi connectivity index (χ3n) is 1.82. The zero-order valence-electron chi connectivity index (χ0n) is 8.07. The van der Waals surface area contributed by atoms with E-state index in [0.29, 0.717) is 0 Å². The van der Waals surface area contributed by atoms with Crippen molar-refractivity contribution in [2.24, 2.45) is 0 Å². The summed E-state index contributed by atoms with van der Waals surface area (Å²) in [4.78, 5) is 0. The average Bonchev–Trinajstić information content (AvgIpc) is 2.25. The molecule has 0 heterocycles. The van der Waals surface area contributed by atoms with Crippen LogP contribution in [-0.2, 0) is 5.75 Å². The van der Waals surface area contributed by atoms with Crippen molar-refractivity contribution in [1.82, 2.24) is 0 Å². The summed E-state index contributed by atoms with van der Waals surface area (Å²) in [6, 6.07) is 9.87. The number of benzene rings is 1. The van der Waals surface area contributed by atoms with Crippen molar-refractivity contribution >= 4 is 11.8 Å². The van der Waals surface area contributed by atoms with E-state index >= 15 is 0 Å². The third-order valence-corrected chi connectivity index (χ3v) is 2.88. The van der Waals surface area contributed by atoms with Gasteiger partial charge in [-0.2, -0.15) is 17.0 Å². The van der Waals surface area contributed by atoms with E-state index in [-0.39, 0.29) is 0 Å². The largest absolute Gasteiger partial charge is 0.192 e. The zero-order valence-corrected chi connectivity index (χ0v) is 8.89. The summed E-state index contributed by atoms with van der Waals surface area (Å²) in [7, 11) is 0. The molecule has 2 heteroatoms. The number of allylic oxidation sites excluding steroid dienone is 1. The smallest absolute Gasteiger partial charge is 0.0991 e. The molecule has 0 bridgehead atoms. The van der Waals surface area contributed by atoms with Gasteiger partial charge in [0.1, 0.15) is 0 Å². The van der Waals surface area contributed by atoms with E-state index in [2.05, 4.69) is 12.6 Å². The van der Waals surface area contributed by atoms with Crippen molar-refractivity contribution in [3.05, 3.63) is 48.0 Å². The molecule has 1 nitrogen and oxygen atoms in total. The van der Waals surface area contributed by atoms with Gasteiger partial charge in [-0.1, -0.05) is 18.2 Å². The highest BCUT2D eigenvalue weighted by atomic mass is 32.2. The molecular formula is C12H13NS. The predicted molar refractivity (Wildman–Crippen MR) is 62.1 cm³/mol. The van der Waals surface area contributed by atoms with E-state index < -0.39 is 0 Å². The molecule has 0 spiro atoms. The predicted octanol–water partition coefficient (Wildman–Crippen LogP) is 3.37. The molecule has 1 rings (SSSR count). The van der Waals surface area contributed by atoms with Crippen LogP contribution in [0.5, 0.6) is 0 Å². The standard InChI is InChI=1S/C12H13NS/c1-2-3-8-14-10-12-6-4-11(9-13)5-7-12/h2,4-7H,1,3,8,10H2. The quantitative estimate of drug-likeness (QED) is 0.541. The molecule has 14 heavy (non-hydrogen) atoms. The highest BCUT2D eigenvalue weighted by molar-refractivity contribution is 7.98. The van der Waals surface area contributed by atoms with Gasteiger partial charge in [0, 0.05) is 5.75 Å². The van der Waals surface area contributed by atoms with Crippen molar-refractivity contribution < 1.29 is 0 Å². The monoisotopic (exact) mass is 203 g/mol. The molecule has 1 aromatic carbocycles. The Morgan fingerprint density at radius 1 is 1.36 bits per heavy atom. The molecule has 0 amide bonds. The summed E-state index contributed by atoms with van der Waals surface area (Å²) < 4.78 is 0. The Morgan fingerprint density at radius 2 is 2.07 bits per heavy atom. The zero-order chi connectivity index (χ0) is 10.2. The molecule has 72 valence electrons. The van der Waals surface area contributed by atoms with Gasteiger partial charge >= 0.3 is 0 Å². The number of thioether (sulfide) groups is 1. The van der Waals surface area contributed by atoms with E-state index in [0.717, 1.165) is 23.5 Å². The maximum absolute atomic E-state index is 8.61. The first-order chi connectivity index (χ1) is 6.86. The van der Waals surface area contributed by atoms with Crippen LogP contribution in [-0.4, -0.2) is 5.75 Å². The van der Waals surface area contributed by atoms with Crippen LogP contribution in [0.4, 0.5) is 0 Å². The summed E-state index contributed by atoms with van der Waals surface area (Å²) in [5.74, 6) is 2.13. The van der Waals surface area contributed by atoms with Crippen molar-refractivity contribution in [2.75, 3.05) is 5.75 Å². The number of nitrogens with zero attached hydrogens (tertiary/aromatic N) is 1. The summed E-state index contributed by atoms with van der Waals surface area (Å²) in [5, 5.41) is 8.61. The second-order valence-electron chi connectivity index (χ2n) is 2.94. The van der Waals surface area contributed by atoms with Crippen LogP contribution in [0.15, 0.2) is 36.9 Å². The summed E-state index contributed by atoms with van der Waals surface area (Å²) in [5.41, 5.74) is 2.00. The van der Waals surface area contributed by atoms with E-state index in [4.69, 9.17) is 5.26 Å². The minimum atomic E-state index is 0.727. The molecule has 0 fully saturated rings. The number of nitriles is 1. The van der Waals surface area contributed by atoms with Crippen LogP contribution >= 0.6 is 11.8 Å². The summed E-state index contributed by atoms with van der Waals surface area (Å²) >= 11 is 1.89. The number of hydrogen-bond acceptors (Lipinski definition) is 2. The molecule has 0 aliphatic carbocycles. The first kappa shape index (κ1) is 10.9. The maximum atomic E-state index is 8.61. The van der Waals surface area contributed by atoms with Crippen molar-refractivity contribution in [1.29, 1.82) is 5.26 Å². The van der Waals surface area contributed by atoms with Gasteiger partial charge in [-0.05, 0) is 29.9 Å². The highest BCUT2D eigenvalue weighted by Gasteiger charge is 1.93. The van der Waals surface area contributed by atoms with Crippen molar-refractivity contribution in [2.45, 2.75) is 12.2 Å². The first-order valence-electron chi connectivity index (χ1n) is 4.54. The van der Waals surface area contributed by atoms with E-state index in [1.807, 2.05) is 42.1 Å². The molecule has 0 aromatic heterocycles. The van der Waals surface area contributed by atoms with E-state index in [1.54, 1.807) is 0 Å². The fraction of sp³-hybridized carbons (Fsp3) is 0.250. The van der Waals surface area contributed by atoms with Crippen LogP contribution in [0.3, 0.4) is 0 Å². The van der Waals surface area contributed by atoms with Crippen LogP contribution in [0, 0.1) is 11.3 Å². The fourth-order valence-corrected chi connectivity index (χ4v) is 1.94. The van der Waals surface area contributed by atoms with Crippen LogP contribution < -0.4 is 0 Å². The molecule has 0 aliphatic heterocycles. The van der Waals surface area contributed by atoms with Crippen molar-refractivity contribution in [3.8, 4) is 6.07 Å². The van der Waals surface area contributed by atoms with Crippen LogP contribution in [0.1, 0.15) is 17.5 Å². The fourth-order valence-electron chi connectivity index (χ4n) is 1.03. The average molecular weight is 203 g/mol. The van der Waals surface area contributed by atoms with Gasteiger partial charge in [0.2, 0.25) is 0 Å². The Balaban J connectivity index is 2.37. The highest BCUT2D eigenvalue weighted by Crippen LogP contribution is 2.13. The number of hydrogen-bond donors (Lipinski definition) is 0. The maximum Gasteiger partial charge on any atom is 0.0991 e. The van der Waals surface area contributed by atoms with Gasteiger partial charge in [0.25, 0.3) is 0 Å². The molecule has 0 radical (unpaired) electrons. The lowest BCUT2D eigenvalue weighted by Gasteiger charge is -1.99. The second-order valence-corrected chi connectivity index (χ2v) is 4.04. The normalized spacial score (nSPS) is 9.36. The summed E-state index contributed by atoms with van der Waals surface area (Å²) in [6.07, 6.45) is 2.99. The Kier molecular flexibility index (Phi) is 4.88. The SMILES string of the molecule is C=CCCSCc1ccc(C#N)cc1. The molecular weight excluding hydrogens is 190 g/mol. The Morgan fingerprint density at radius 3 is 2.64 bits per heavy atom. The second kappa shape index (κ2) is 6.28. The van der Waals surface area contributed by atoms with E-state index in [1.165, 1.54) is 5.56 Å². The lowest BCUT2D eigenvalue weighted by molar-refractivity contribution is 1.24. The van der Waals surface area contributed by atoms with Gasteiger partial charge in [-0.25, -0.2) is 0 Å². The minimum Gasteiger partial charge on any atom is -0.192 e. The lowest BCUT2D eigenvalue weighted by atomic mass is 10.2. The molecule has 0 N–H and O–H groups in total. The topological polar surface area (TPSA) is 23.8 Å². The minimum absolute atomic E-state index is 0.727. The van der Waals surface area contributed by atoms with Crippen molar-refractivity contribution in [3.63, 3.8) is 0 Å². The molecule has 0 saturated heterocycles. The third kappa shape index (κ3) is 3.68. The number of rotatable bonds is 5.